The molecule has 9 nitrogen and oxygen atoms in total. The van der Waals surface area contributed by atoms with Crippen LogP contribution in [0.2, 0.25) is 0 Å². The van der Waals surface area contributed by atoms with Crippen LogP contribution in [-0.2, 0) is 41.6 Å². The molecule has 1 amide bonds. The summed E-state index contributed by atoms with van der Waals surface area (Å²) in [4.78, 5) is 18.1. The molecule has 186 valence electrons. The van der Waals surface area contributed by atoms with Gasteiger partial charge in [0, 0.05) is 6.54 Å². The number of carbonyl (C=O) groups excluding carboxylic acids is 1. The number of nitrogens with one attached hydrogen (secondary N) is 1. The molecular weight excluding hydrogens is 438 g/mol. The average molecular weight is 474 g/mol. The van der Waals surface area contributed by atoms with Crippen LogP contribution in [0.15, 0.2) is 24.3 Å². The highest BCUT2D eigenvalue weighted by atomic mass is 16.9. The van der Waals surface area contributed by atoms with Crippen LogP contribution in [0.3, 0.4) is 0 Å². The molecule has 0 spiro atoms. The molecule has 5 atom stereocenters. The molecule has 0 saturated carbocycles. The van der Waals surface area contributed by atoms with Crippen molar-refractivity contribution in [3.05, 3.63) is 30.1 Å². The molecule has 3 saturated heterocycles. The lowest BCUT2D eigenvalue weighted by atomic mass is 9.98. The number of ether oxygens (including phenoxy) is 5. The largest absolute Gasteiger partial charge is 0.347 e. The van der Waals surface area contributed by atoms with Gasteiger partial charge >= 0.3 is 0 Å². The van der Waals surface area contributed by atoms with Crippen LogP contribution in [0.4, 0.5) is 0 Å². The molecule has 1 aromatic heterocycles. The third kappa shape index (κ3) is 4.47. The minimum Gasteiger partial charge on any atom is -0.347 e. The maximum atomic E-state index is 13.4. The topological polar surface area (TPSA) is 93.1 Å². The smallest absolute Gasteiger partial charge is 0.252 e. The summed E-state index contributed by atoms with van der Waals surface area (Å²) >= 11 is 0. The van der Waals surface area contributed by atoms with Gasteiger partial charge in [0.15, 0.2) is 24.0 Å². The van der Waals surface area contributed by atoms with Crippen molar-refractivity contribution in [3.63, 3.8) is 0 Å². The fourth-order valence-corrected chi connectivity index (χ4v) is 4.99. The average Bonchev–Trinajstić information content (AvgIpc) is 3.38. The Morgan fingerprint density at radius 2 is 1.71 bits per heavy atom. The zero-order chi connectivity index (χ0) is 24.3. The number of hydrogen-bond donors (Lipinski definition) is 1. The SMILES string of the molecule is CC(C)CCn1c(CNC(=O)[C@H]2O[C@@H]3OC(C)(C)O[C@@H]3[C@H]3OC(C)(C)O[C@H]32)nc2ccccc21. The lowest BCUT2D eigenvalue weighted by Crippen LogP contribution is -2.59. The molecule has 0 bridgehead atoms. The monoisotopic (exact) mass is 473 g/mol. The minimum absolute atomic E-state index is 0.282. The summed E-state index contributed by atoms with van der Waals surface area (Å²) in [5.74, 6) is -0.600. The molecule has 3 aliphatic rings. The number of fused-ring (bicyclic) bond motifs is 4. The number of aryl methyl sites for hydroxylation is 1. The van der Waals surface area contributed by atoms with Crippen LogP contribution in [0.25, 0.3) is 11.0 Å². The zero-order valence-electron chi connectivity index (χ0n) is 20.7. The molecule has 34 heavy (non-hydrogen) atoms. The van der Waals surface area contributed by atoms with Gasteiger partial charge in [0.2, 0.25) is 0 Å². The summed E-state index contributed by atoms with van der Waals surface area (Å²) < 4.78 is 32.4. The van der Waals surface area contributed by atoms with E-state index >= 15 is 0 Å². The summed E-state index contributed by atoms with van der Waals surface area (Å²) in [6.07, 6.45) is -2.12. The summed E-state index contributed by atoms with van der Waals surface area (Å²) in [6, 6.07) is 8.04. The van der Waals surface area contributed by atoms with Crippen molar-refractivity contribution in [1.29, 1.82) is 0 Å². The fraction of sp³-hybridized carbons (Fsp3) is 0.680. The summed E-state index contributed by atoms with van der Waals surface area (Å²) in [5, 5.41) is 3.02. The molecule has 2 aromatic rings. The summed E-state index contributed by atoms with van der Waals surface area (Å²) in [7, 11) is 0. The van der Waals surface area contributed by atoms with E-state index in [1.807, 2.05) is 45.9 Å². The Morgan fingerprint density at radius 1 is 1.03 bits per heavy atom. The maximum Gasteiger partial charge on any atom is 0.252 e. The lowest BCUT2D eigenvalue weighted by molar-refractivity contribution is -0.231. The molecule has 1 aromatic carbocycles. The Labute approximate surface area is 200 Å². The Morgan fingerprint density at radius 3 is 2.47 bits per heavy atom. The van der Waals surface area contributed by atoms with Gasteiger partial charge in [-0.3, -0.25) is 4.79 Å². The minimum atomic E-state index is -0.890. The quantitative estimate of drug-likeness (QED) is 0.689. The van der Waals surface area contributed by atoms with Crippen LogP contribution in [0, 0.1) is 5.92 Å². The first-order chi connectivity index (χ1) is 16.0. The number of imidazole rings is 1. The summed E-state index contributed by atoms with van der Waals surface area (Å²) in [6.45, 7) is 12.8. The van der Waals surface area contributed by atoms with Crippen LogP contribution in [0.1, 0.15) is 53.8 Å². The summed E-state index contributed by atoms with van der Waals surface area (Å²) in [5.41, 5.74) is 1.98. The molecule has 1 N–H and O–H groups in total. The van der Waals surface area contributed by atoms with Gasteiger partial charge in [0.25, 0.3) is 5.91 Å². The van der Waals surface area contributed by atoms with Gasteiger partial charge in [-0.15, -0.1) is 0 Å². The van der Waals surface area contributed by atoms with Crippen LogP contribution in [-0.4, -0.2) is 57.7 Å². The molecule has 0 aliphatic carbocycles. The van der Waals surface area contributed by atoms with E-state index in [4.69, 9.17) is 28.7 Å². The van der Waals surface area contributed by atoms with E-state index in [0.717, 1.165) is 29.8 Å². The molecular formula is C25H35N3O6. The highest BCUT2D eigenvalue weighted by Gasteiger charge is 2.62. The molecule has 3 fully saturated rings. The predicted molar refractivity (Wildman–Crippen MR) is 124 cm³/mol. The number of amides is 1. The number of carbonyl (C=O) groups is 1. The first-order valence-corrected chi connectivity index (χ1v) is 12.1. The maximum absolute atomic E-state index is 13.4. The lowest BCUT2D eigenvalue weighted by Gasteiger charge is -2.36. The van der Waals surface area contributed by atoms with Gasteiger partial charge in [-0.05, 0) is 52.2 Å². The van der Waals surface area contributed by atoms with Crippen LogP contribution < -0.4 is 5.32 Å². The number of aromatic nitrogens is 2. The number of hydrogen-bond acceptors (Lipinski definition) is 7. The van der Waals surface area contributed by atoms with Gasteiger partial charge in [-0.2, -0.15) is 0 Å². The molecule has 9 heteroatoms. The van der Waals surface area contributed by atoms with E-state index in [1.54, 1.807) is 0 Å². The van der Waals surface area contributed by atoms with Gasteiger partial charge in [0.1, 0.15) is 24.1 Å². The van der Waals surface area contributed by atoms with Crippen molar-refractivity contribution >= 4 is 16.9 Å². The zero-order valence-corrected chi connectivity index (χ0v) is 20.7. The predicted octanol–water partition coefficient (Wildman–Crippen LogP) is 3.10. The van der Waals surface area contributed by atoms with E-state index < -0.39 is 42.3 Å². The Kier molecular flexibility index (Phi) is 5.97. The van der Waals surface area contributed by atoms with Crippen molar-refractivity contribution in [2.24, 2.45) is 5.92 Å². The van der Waals surface area contributed by atoms with E-state index in [-0.39, 0.29) is 12.5 Å². The molecule has 4 heterocycles. The Balaban J connectivity index is 1.34. The molecule has 3 aliphatic heterocycles. The first-order valence-electron chi connectivity index (χ1n) is 12.1. The van der Waals surface area contributed by atoms with Gasteiger partial charge in [-0.1, -0.05) is 26.0 Å². The van der Waals surface area contributed by atoms with Crippen LogP contribution in [0.5, 0.6) is 0 Å². The van der Waals surface area contributed by atoms with Crippen molar-refractivity contribution < 1.29 is 28.5 Å². The first kappa shape index (κ1) is 23.7. The normalized spacial score (nSPS) is 31.6. The number of benzene rings is 1. The van der Waals surface area contributed by atoms with Gasteiger partial charge < -0.3 is 33.6 Å². The van der Waals surface area contributed by atoms with Crippen molar-refractivity contribution in [1.82, 2.24) is 14.9 Å². The molecule has 0 unspecified atom stereocenters. The van der Waals surface area contributed by atoms with Crippen molar-refractivity contribution in [2.75, 3.05) is 0 Å². The van der Waals surface area contributed by atoms with Crippen LogP contribution >= 0.6 is 0 Å². The Bertz CT molecular complexity index is 1060. The second-order valence-corrected chi connectivity index (χ2v) is 10.7. The second-order valence-electron chi connectivity index (χ2n) is 10.7. The van der Waals surface area contributed by atoms with Gasteiger partial charge in [0.05, 0.1) is 17.6 Å². The third-order valence-electron chi connectivity index (χ3n) is 6.50. The van der Waals surface area contributed by atoms with E-state index in [2.05, 4.69) is 29.8 Å². The number of nitrogens with zero attached hydrogens (tertiary/aromatic N) is 2. The molecule has 5 rings (SSSR count). The number of para-hydroxylation sites is 2. The van der Waals surface area contributed by atoms with E-state index in [9.17, 15) is 4.79 Å². The fourth-order valence-electron chi connectivity index (χ4n) is 4.99. The third-order valence-corrected chi connectivity index (χ3v) is 6.50. The highest BCUT2D eigenvalue weighted by molar-refractivity contribution is 5.82. The van der Waals surface area contributed by atoms with E-state index in [1.165, 1.54) is 0 Å². The Hall–Kier alpha value is -2.04. The van der Waals surface area contributed by atoms with Crippen molar-refractivity contribution in [3.8, 4) is 0 Å². The second kappa shape index (κ2) is 8.57. The van der Waals surface area contributed by atoms with Crippen molar-refractivity contribution in [2.45, 2.75) is 103 Å². The van der Waals surface area contributed by atoms with E-state index in [0.29, 0.717) is 5.92 Å². The molecule has 0 radical (unpaired) electrons. The standard InChI is InChI=1S/C25H35N3O6/c1-14(2)11-12-28-16-10-8-7-9-15(16)27-17(28)13-26-22(29)20-18-19(32-24(3,4)31-18)21-23(30-20)34-25(5,6)33-21/h7-10,14,18-21,23H,11-13H2,1-6H3,(H,26,29)/t18-,19+,20+,21-,23-/m1/s1. The van der Waals surface area contributed by atoms with Gasteiger partial charge in [-0.25, -0.2) is 4.98 Å². The number of rotatable bonds is 6. The highest BCUT2D eigenvalue weighted by Crippen LogP contribution is 2.44.